The molecule has 4 nitrogen and oxygen atoms in total. The summed E-state index contributed by atoms with van der Waals surface area (Å²) in [6.07, 6.45) is 3.21. The Kier molecular flexibility index (Phi) is 6.74. The normalized spacial score (nSPS) is 9.64. The zero-order chi connectivity index (χ0) is 15.6. The third-order valence-electron chi connectivity index (χ3n) is 2.22. The molecular weight excluding hydrogens is 320 g/mol. The maximum atomic E-state index is 5.17. The minimum absolute atomic E-state index is 0.312. The van der Waals surface area contributed by atoms with Crippen LogP contribution in [-0.4, -0.2) is 13.2 Å². The first kappa shape index (κ1) is 16.3. The highest BCUT2D eigenvalue weighted by atomic mass is 32.1. The molecule has 2 heterocycles. The Morgan fingerprint density at radius 2 is 1.32 bits per heavy atom. The van der Waals surface area contributed by atoms with Crippen molar-refractivity contribution in [3.63, 3.8) is 0 Å². The summed E-state index contributed by atoms with van der Waals surface area (Å²) in [5.74, 6) is 7.26. The van der Waals surface area contributed by atoms with Crippen molar-refractivity contribution in [3.8, 4) is 23.3 Å². The Bertz CT molecular complexity index is 619. The average molecular weight is 334 g/mol. The maximum Gasteiger partial charge on any atom is 0.191 e. The van der Waals surface area contributed by atoms with Crippen LogP contribution in [0.2, 0.25) is 0 Å². The predicted octanol–water partition coefficient (Wildman–Crippen LogP) is 4.20. The fraction of sp³-hybridized carbons (Fsp3) is 0.125. The molecule has 0 bridgehead atoms. The molecule has 6 heteroatoms. The Labute approximate surface area is 137 Å². The van der Waals surface area contributed by atoms with Gasteiger partial charge in [-0.25, -0.2) is 0 Å². The molecule has 2 aromatic heterocycles. The molecule has 0 spiro atoms. The summed E-state index contributed by atoms with van der Waals surface area (Å²) in [4.78, 5) is 21.8. The zero-order valence-electron chi connectivity index (χ0n) is 11.7. The van der Waals surface area contributed by atoms with Crippen LogP contribution in [0.1, 0.15) is 9.75 Å². The van der Waals surface area contributed by atoms with Gasteiger partial charge in [-0.15, -0.1) is 35.8 Å². The lowest BCUT2D eigenvalue weighted by molar-refractivity contribution is -0.195. The van der Waals surface area contributed by atoms with E-state index in [2.05, 4.69) is 25.0 Å². The van der Waals surface area contributed by atoms with Crippen LogP contribution in [0.25, 0.3) is 0 Å². The van der Waals surface area contributed by atoms with Crippen molar-refractivity contribution in [1.29, 1.82) is 0 Å². The standard InChI is InChI=1S/C16H14O4S2/c1-3-9-17-19-13-7-11-21-15(13)5-6-16-14(8-12-22-16)20-18-10-4-2/h3-4,7-8,11-12H,1-2,9-10H2. The lowest BCUT2D eigenvalue weighted by Crippen LogP contribution is -1.97. The molecule has 0 aromatic carbocycles. The topological polar surface area (TPSA) is 36.9 Å². The molecule has 0 atom stereocenters. The van der Waals surface area contributed by atoms with E-state index < -0.39 is 0 Å². The van der Waals surface area contributed by atoms with Crippen molar-refractivity contribution >= 4 is 22.7 Å². The number of hydrogen-bond donors (Lipinski definition) is 0. The molecule has 0 N–H and O–H groups in total. The van der Waals surface area contributed by atoms with Gasteiger partial charge in [-0.05, 0) is 34.7 Å². The fourth-order valence-electron chi connectivity index (χ4n) is 1.31. The largest absolute Gasteiger partial charge is 0.335 e. The van der Waals surface area contributed by atoms with E-state index in [0.717, 1.165) is 9.75 Å². The monoisotopic (exact) mass is 334 g/mol. The van der Waals surface area contributed by atoms with Crippen LogP contribution in [0.4, 0.5) is 0 Å². The quantitative estimate of drug-likeness (QED) is 0.238. The SMILES string of the molecule is C=CCOOc1ccsc1C#Cc1sccc1OOCC=C. The lowest BCUT2D eigenvalue weighted by atomic mass is 10.4. The van der Waals surface area contributed by atoms with E-state index in [9.17, 15) is 0 Å². The van der Waals surface area contributed by atoms with Crippen molar-refractivity contribution in [1.82, 2.24) is 0 Å². The van der Waals surface area contributed by atoms with Gasteiger partial charge in [0.2, 0.25) is 0 Å². The summed E-state index contributed by atoms with van der Waals surface area (Å²) < 4.78 is 0. The van der Waals surface area contributed by atoms with Gasteiger partial charge in [0.1, 0.15) is 23.0 Å². The smallest absolute Gasteiger partial charge is 0.191 e. The van der Waals surface area contributed by atoms with Gasteiger partial charge in [0.25, 0.3) is 0 Å². The molecule has 0 aliphatic carbocycles. The average Bonchev–Trinajstić information content (AvgIpc) is 3.15. The number of rotatable bonds is 8. The van der Waals surface area contributed by atoms with E-state index in [1.165, 1.54) is 22.7 Å². The third kappa shape index (κ3) is 4.76. The first-order valence-corrected chi connectivity index (χ1v) is 8.08. The van der Waals surface area contributed by atoms with E-state index in [-0.39, 0.29) is 0 Å². The molecule has 0 unspecified atom stereocenters. The second kappa shape index (κ2) is 9.07. The Hall–Kier alpha value is -2.04. The minimum atomic E-state index is 0.312. The first-order valence-electron chi connectivity index (χ1n) is 6.33. The molecule has 0 amide bonds. The Morgan fingerprint density at radius 1 is 0.864 bits per heavy atom. The van der Waals surface area contributed by atoms with Gasteiger partial charge in [-0.1, -0.05) is 12.2 Å². The van der Waals surface area contributed by atoms with Gasteiger partial charge in [0, 0.05) is 0 Å². The van der Waals surface area contributed by atoms with Gasteiger partial charge in [-0.3, -0.25) is 0 Å². The molecule has 22 heavy (non-hydrogen) atoms. The maximum absolute atomic E-state index is 5.17. The van der Waals surface area contributed by atoms with Gasteiger partial charge < -0.3 is 9.78 Å². The van der Waals surface area contributed by atoms with Crippen LogP contribution < -0.4 is 9.78 Å². The summed E-state index contributed by atoms with van der Waals surface area (Å²) in [6.45, 7) is 7.73. The van der Waals surface area contributed by atoms with Crippen LogP contribution in [0.5, 0.6) is 11.5 Å². The second-order valence-electron chi connectivity index (χ2n) is 3.79. The lowest BCUT2D eigenvalue weighted by Gasteiger charge is -2.01. The highest BCUT2D eigenvalue weighted by molar-refractivity contribution is 7.11. The molecule has 114 valence electrons. The van der Waals surface area contributed by atoms with E-state index in [1.807, 2.05) is 10.8 Å². The zero-order valence-corrected chi connectivity index (χ0v) is 13.4. The van der Waals surface area contributed by atoms with Crippen molar-refractivity contribution < 1.29 is 19.6 Å². The number of hydrogen-bond acceptors (Lipinski definition) is 6. The molecule has 0 fully saturated rings. The predicted molar refractivity (Wildman–Crippen MR) is 88.2 cm³/mol. The van der Waals surface area contributed by atoms with Crippen LogP contribution in [0.15, 0.2) is 48.2 Å². The minimum Gasteiger partial charge on any atom is -0.335 e. The summed E-state index contributed by atoms with van der Waals surface area (Å²) in [6, 6.07) is 3.60. The summed E-state index contributed by atoms with van der Waals surface area (Å²) in [5.41, 5.74) is 0. The van der Waals surface area contributed by atoms with E-state index in [0.29, 0.717) is 24.7 Å². The van der Waals surface area contributed by atoms with Gasteiger partial charge >= 0.3 is 0 Å². The Morgan fingerprint density at radius 3 is 1.73 bits per heavy atom. The fourth-order valence-corrected chi connectivity index (χ4v) is 2.63. The van der Waals surface area contributed by atoms with Crippen LogP contribution in [0, 0.1) is 11.8 Å². The van der Waals surface area contributed by atoms with Crippen molar-refractivity contribution in [2.45, 2.75) is 0 Å². The van der Waals surface area contributed by atoms with Crippen molar-refractivity contribution in [3.05, 3.63) is 58.0 Å². The molecule has 2 aromatic rings. The molecule has 0 radical (unpaired) electrons. The van der Waals surface area contributed by atoms with Crippen LogP contribution >= 0.6 is 22.7 Å². The van der Waals surface area contributed by atoms with Crippen molar-refractivity contribution in [2.24, 2.45) is 0 Å². The Balaban J connectivity index is 2.04. The van der Waals surface area contributed by atoms with Crippen LogP contribution in [-0.2, 0) is 9.78 Å². The summed E-state index contributed by atoms with van der Waals surface area (Å²) in [7, 11) is 0. The van der Waals surface area contributed by atoms with E-state index in [4.69, 9.17) is 19.6 Å². The first-order chi connectivity index (χ1) is 10.8. The van der Waals surface area contributed by atoms with E-state index >= 15 is 0 Å². The third-order valence-corrected chi connectivity index (χ3v) is 3.84. The highest BCUT2D eigenvalue weighted by Crippen LogP contribution is 2.26. The second-order valence-corrected chi connectivity index (χ2v) is 5.62. The molecule has 2 rings (SSSR count). The molecule has 0 saturated carbocycles. The molecular formula is C16H14O4S2. The summed E-state index contributed by atoms with van der Waals surface area (Å²) >= 11 is 2.94. The van der Waals surface area contributed by atoms with E-state index in [1.54, 1.807) is 24.3 Å². The molecule has 0 aliphatic rings. The number of thiophene rings is 2. The molecule has 0 saturated heterocycles. The van der Waals surface area contributed by atoms with Gasteiger partial charge in [-0.2, -0.15) is 9.78 Å². The van der Waals surface area contributed by atoms with Gasteiger partial charge in [0.15, 0.2) is 11.5 Å². The van der Waals surface area contributed by atoms with Crippen molar-refractivity contribution in [2.75, 3.05) is 13.2 Å². The van der Waals surface area contributed by atoms with Crippen LogP contribution in [0.3, 0.4) is 0 Å². The summed E-state index contributed by atoms with van der Waals surface area (Å²) in [5, 5.41) is 3.77. The van der Waals surface area contributed by atoms with Gasteiger partial charge in [0.05, 0.1) is 0 Å². The molecule has 0 aliphatic heterocycles. The highest BCUT2D eigenvalue weighted by Gasteiger charge is 2.06.